The minimum absolute atomic E-state index is 0.773. The van der Waals surface area contributed by atoms with E-state index in [1.54, 1.807) is 7.11 Å². The van der Waals surface area contributed by atoms with Crippen molar-refractivity contribution in [3.8, 4) is 5.75 Å². The largest absolute Gasteiger partial charge is 0.497 e. The van der Waals surface area contributed by atoms with Crippen molar-refractivity contribution in [1.82, 2.24) is 9.80 Å². The highest BCUT2D eigenvalue weighted by Crippen LogP contribution is 2.33. The van der Waals surface area contributed by atoms with Gasteiger partial charge in [-0.25, -0.2) is 0 Å². The second-order valence-corrected chi connectivity index (χ2v) is 5.73. The van der Waals surface area contributed by atoms with Crippen molar-refractivity contribution in [3.63, 3.8) is 0 Å². The molecule has 98 valence electrons. The second-order valence-electron chi connectivity index (χ2n) is 5.73. The van der Waals surface area contributed by atoms with Crippen molar-refractivity contribution in [2.24, 2.45) is 0 Å². The number of nitrogens with zero attached hydrogens (tertiary/aromatic N) is 2. The van der Waals surface area contributed by atoms with Gasteiger partial charge in [-0.15, -0.1) is 0 Å². The molecule has 2 saturated heterocycles. The van der Waals surface area contributed by atoms with Gasteiger partial charge in [-0.1, -0.05) is 6.07 Å². The monoisotopic (exact) mass is 246 g/mol. The summed E-state index contributed by atoms with van der Waals surface area (Å²) in [5.41, 5.74) is 2.78. The summed E-state index contributed by atoms with van der Waals surface area (Å²) in [7, 11) is 3.96. The van der Waals surface area contributed by atoms with E-state index in [1.165, 1.54) is 30.6 Å². The van der Waals surface area contributed by atoms with E-state index in [0.29, 0.717) is 0 Å². The predicted octanol–water partition coefficient (Wildman–Crippen LogP) is 1.89. The molecule has 0 N–H and O–H groups in total. The van der Waals surface area contributed by atoms with Gasteiger partial charge in [0.15, 0.2) is 0 Å². The normalized spacial score (nSPS) is 27.9. The molecular formula is C15H22N2O. The predicted molar refractivity (Wildman–Crippen MR) is 73.0 cm³/mol. The third-order valence-electron chi connectivity index (χ3n) is 4.43. The van der Waals surface area contributed by atoms with Crippen LogP contribution in [0.5, 0.6) is 5.75 Å². The molecule has 2 aliphatic rings. The highest BCUT2D eigenvalue weighted by atomic mass is 16.5. The molecule has 0 radical (unpaired) electrons. The van der Waals surface area contributed by atoms with E-state index >= 15 is 0 Å². The first-order chi connectivity index (χ1) is 8.67. The standard InChI is InChI=1S/C15H22N2O/c1-11-6-15(18-3)5-4-12(11)8-17-13-7-14(17)10-16(2)9-13/h4-6,13-14H,7-10H2,1-3H3. The quantitative estimate of drug-likeness (QED) is 0.810. The Morgan fingerprint density at radius 3 is 2.61 bits per heavy atom. The van der Waals surface area contributed by atoms with Crippen molar-refractivity contribution in [3.05, 3.63) is 29.3 Å². The molecule has 1 aromatic rings. The van der Waals surface area contributed by atoms with Crippen LogP contribution >= 0.6 is 0 Å². The molecule has 0 amide bonds. The zero-order chi connectivity index (χ0) is 12.7. The summed E-state index contributed by atoms with van der Waals surface area (Å²) in [5.74, 6) is 0.958. The Hall–Kier alpha value is -1.06. The maximum absolute atomic E-state index is 5.26. The van der Waals surface area contributed by atoms with Crippen LogP contribution in [0.3, 0.4) is 0 Å². The van der Waals surface area contributed by atoms with Crippen molar-refractivity contribution in [2.75, 3.05) is 27.2 Å². The first kappa shape index (κ1) is 12.0. The number of hydrogen-bond donors (Lipinski definition) is 0. The van der Waals surface area contributed by atoms with Gasteiger partial charge >= 0.3 is 0 Å². The summed E-state index contributed by atoms with van der Waals surface area (Å²) in [6.45, 7) is 5.73. The van der Waals surface area contributed by atoms with E-state index in [-0.39, 0.29) is 0 Å². The number of likely N-dealkylation sites (tertiary alicyclic amines) is 2. The Labute approximate surface area is 109 Å². The number of likely N-dealkylation sites (N-methyl/N-ethyl adjacent to an activating group) is 1. The van der Waals surface area contributed by atoms with Gasteiger partial charge in [0, 0.05) is 31.7 Å². The summed E-state index contributed by atoms with van der Waals surface area (Å²) in [6.07, 6.45) is 1.39. The smallest absolute Gasteiger partial charge is 0.119 e. The Kier molecular flexibility index (Phi) is 3.04. The second kappa shape index (κ2) is 4.56. The van der Waals surface area contributed by atoms with Crippen LogP contribution in [0.1, 0.15) is 17.5 Å². The summed E-state index contributed by atoms with van der Waals surface area (Å²) < 4.78 is 5.26. The lowest BCUT2D eigenvalue weighted by Gasteiger charge is -2.56. The maximum Gasteiger partial charge on any atom is 0.119 e. The molecule has 2 atom stereocenters. The molecule has 2 fully saturated rings. The molecule has 3 heteroatoms. The lowest BCUT2D eigenvalue weighted by molar-refractivity contribution is -0.0669. The van der Waals surface area contributed by atoms with Crippen LogP contribution < -0.4 is 4.74 Å². The molecule has 2 bridgehead atoms. The molecule has 0 aromatic heterocycles. The number of piperidine rings is 1. The topological polar surface area (TPSA) is 15.7 Å². The van der Waals surface area contributed by atoms with Crippen molar-refractivity contribution >= 4 is 0 Å². The van der Waals surface area contributed by atoms with Gasteiger partial charge in [-0.3, -0.25) is 4.90 Å². The average Bonchev–Trinajstić information content (AvgIpc) is 2.36. The number of hydrogen-bond acceptors (Lipinski definition) is 3. The van der Waals surface area contributed by atoms with Gasteiger partial charge in [0.2, 0.25) is 0 Å². The summed E-state index contributed by atoms with van der Waals surface area (Å²) >= 11 is 0. The molecule has 3 nitrogen and oxygen atoms in total. The number of benzene rings is 1. The van der Waals surface area contributed by atoms with Gasteiger partial charge in [0.05, 0.1) is 7.11 Å². The van der Waals surface area contributed by atoms with Crippen molar-refractivity contribution in [1.29, 1.82) is 0 Å². The van der Waals surface area contributed by atoms with Crippen LogP contribution in [-0.4, -0.2) is 49.1 Å². The van der Waals surface area contributed by atoms with Crippen LogP contribution in [0.15, 0.2) is 18.2 Å². The lowest BCUT2D eigenvalue weighted by Crippen LogP contribution is -2.67. The van der Waals surface area contributed by atoms with E-state index in [4.69, 9.17) is 4.74 Å². The van der Waals surface area contributed by atoms with Crippen LogP contribution in [0.2, 0.25) is 0 Å². The van der Waals surface area contributed by atoms with Gasteiger partial charge < -0.3 is 9.64 Å². The van der Waals surface area contributed by atoms with Crippen molar-refractivity contribution in [2.45, 2.75) is 32.0 Å². The number of piperazine rings is 1. The third kappa shape index (κ3) is 2.02. The number of rotatable bonds is 3. The van der Waals surface area contributed by atoms with Crippen LogP contribution in [-0.2, 0) is 6.54 Å². The van der Waals surface area contributed by atoms with E-state index < -0.39 is 0 Å². The first-order valence-electron chi connectivity index (χ1n) is 6.75. The van der Waals surface area contributed by atoms with Gasteiger partial charge in [0.25, 0.3) is 0 Å². The fourth-order valence-corrected chi connectivity index (χ4v) is 3.33. The number of aryl methyl sites for hydroxylation is 1. The minimum atomic E-state index is 0.773. The van der Waals surface area contributed by atoms with E-state index in [1.807, 2.05) is 0 Å². The number of fused-ring (bicyclic) bond motifs is 2. The van der Waals surface area contributed by atoms with Gasteiger partial charge in [0.1, 0.15) is 5.75 Å². The Morgan fingerprint density at radius 1 is 1.28 bits per heavy atom. The minimum Gasteiger partial charge on any atom is -0.497 e. The molecule has 2 aliphatic heterocycles. The molecule has 1 aromatic carbocycles. The Morgan fingerprint density at radius 2 is 2.00 bits per heavy atom. The van der Waals surface area contributed by atoms with Crippen molar-refractivity contribution < 1.29 is 4.74 Å². The van der Waals surface area contributed by atoms with E-state index in [2.05, 4.69) is 42.0 Å². The maximum atomic E-state index is 5.26. The highest BCUT2D eigenvalue weighted by Gasteiger charge is 2.43. The third-order valence-corrected chi connectivity index (χ3v) is 4.43. The molecular weight excluding hydrogens is 224 g/mol. The summed E-state index contributed by atoms with van der Waals surface area (Å²) in [6, 6.07) is 7.97. The number of ether oxygens (including phenoxy) is 1. The molecule has 0 aliphatic carbocycles. The van der Waals surface area contributed by atoms with Gasteiger partial charge in [-0.2, -0.15) is 0 Å². The molecule has 2 heterocycles. The van der Waals surface area contributed by atoms with E-state index in [9.17, 15) is 0 Å². The Bertz CT molecular complexity index is 434. The number of methoxy groups -OCH3 is 1. The van der Waals surface area contributed by atoms with Crippen LogP contribution in [0.4, 0.5) is 0 Å². The Balaban J connectivity index is 1.70. The average molecular weight is 246 g/mol. The zero-order valence-electron chi connectivity index (χ0n) is 11.5. The SMILES string of the molecule is COc1ccc(CN2C3CC2CN(C)C3)c(C)c1. The highest BCUT2D eigenvalue weighted by molar-refractivity contribution is 5.35. The molecule has 2 unspecified atom stereocenters. The fraction of sp³-hybridized carbons (Fsp3) is 0.600. The fourth-order valence-electron chi connectivity index (χ4n) is 3.33. The molecule has 3 rings (SSSR count). The van der Waals surface area contributed by atoms with Gasteiger partial charge in [-0.05, 0) is 43.7 Å². The van der Waals surface area contributed by atoms with Crippen LogP contribution in [0.25, 0.3) is 0 Å². The first-order valence-corrected chi connectivity index (χ1v) is 6.75. The summed E-state index contributed by atoms with van der Waals surface area (Å²) in [4.78, 5) is 5.12. The summed E-state index contributed by atoms with van der Waals surface area (Å²) in [5, 5.41) is 0. The molecule has 0 spiro atoms. The lowest BCUT2D eigenvalue weighted by atomic mass is 9.87. The van der Waals surface area contributed by atoms with Crippen LogP contribution in [0, 0.1) is 6.92 Å². The van der Waals surface area contributed by atoms with E-state index in [0.717, 1.165) is 24.4 Å². The molecule has 18 heavy (non-hydrogen) atoms. The molecule has 0 saturated carbocycles. The zero-order valence-corrected chi connectivity index (χ0v) is 11.5.